The molecule has 2 saturated heterocycles. The number of hydrazine groups is 1. The summed E-state index contributed by atoms with van der Waals surface area (Å²) in [6.07, 6.45) is 2.51. The number of ether oxygens (including phenoxy) is 2. The fourth-order valence-electron chi connectivity index (χ4n) is 6.61. The number of alkyl halides is 1. The summed E-state index contributed by atoms with van der Waals surface area (Å²) in [6.45, 7) is 9.92. The standard InChI is InChI=1S/C37H43F3N6O6S/c1-37(2,3)52-32(47)23-51-18-4-12-43-14-16-44(17-15-43)27-7-5-24(6-8-27)25-19-28-29(21-42-36(28)41-20-25)35(48)33-30(39)9-10-31(34(33)40)46(53(49)50)45-13-11-26(38)22-45/h5-10,19-21,26,53H,4,11-18,22-23H2,1-3H3,(H,41,42)/t26-/m1/s1. The molecule has 1 N–H and O–H groups in total. The lowest BCUT2D eigenvalue weighted by atomic mass is 9.99. The second-order valence-electron chi connectivity index (χ2n) is 14.1. The number of piperazine rings is 1. The SMILES string of the molecule is CC(C)(C)OC(=O)COCCCN1CCN(c2ccc(-c3cnc4[nH]cc(C(=O)c5c(F)ccc(N(N6CC[C@@H](F)C6)[SH](=O)=O)c5F)c4c3)cc2)CC1. The van der Waals surface area contributed by atoms with Crippen LogP contribution < -0.4 is 9.31 Å². The van der Waals surface area contributed by atoms with Crippen molar-refractivity contribution in [2.24, 2.45) is 0 Å². The number of H-pyrrole nitrogens is 1. The van der Waals surface area contributed by atoms with Gasteiger partial charge in [0.05, 0.1) is 12.1 Å². The second-order valence-corrected chi connectivity index (χ2v) is 15.0. The molecule has 2 aromatic heterocycles. The van der Waals surface area contributed by atoms with Gasteiger partial charge in [0.25, 0.3) is 0 Å². The van der Waals surface area contributed by atoms with E-state index in [0.29, 0.717) is 27.6 Å². The number of hydrogen-bond donors (Lipinski definition) is 2. The number of esters is 1. The van der Waals surface area contributed by atoms with Crippen LogP contribution in [-0.2, 0) is 25.2 Å². The number of aromatic amines is 1. The van der Waals surface area contributed by atoms with Gasteiger partial charge in [-0.05, 0) is 69.5 Å². The first kappa shape index (κ1) is 38.2. The minimum absolute atomic E-state index is 0.0102. The molecule has 0 aliphatic carbocycles. The Labute approximate surface area is 307 Å². The van der Waals surface area contributed by atoms with Gasteiger partial charge < -0.3 is 19.4 Å². The summed E-state index contributed by atoms with van der Waals surface area (Å²) in [5.41, 5.74) is 0.801. The summed E-state index contributed by atoms with van der Waals surface area (Å²) < 4.78 is 80.5. The molecular formula is C37H43F3N6O6S. The highest BCUT2D eigenvalue weighted by molar-refractivity contribution is 7.73. The quantitative estimate of drug-likeness (QED) is 0.0842. The van der Waals surface area contributed by atoms with E-state index < -0.39 is 51.3 Å². The van der Waals surface area contributed by atoms with Crippen molar-refractivity contribution in [3.8, 4) is 11.1 Å². The van der Waals surface area contributed by atoms with E-state index in [2.05, 4.69) is 19.8 Å². The average molecular weight is 757 g/mol. The smallest absolute Gasteiger partial charge is 0.332 e. The van der Waals surface area contributed by atoms with Crippen LogP contribution in [0.1, 0.15) is 49.5 Å². The van der Waals surface area contributed by atoms with Gasteiger partial charge in [-0.15, -0.1) is 0 Å². The molecule has 2 aromatic carbocycles. The molecule has 4 aromatic rings. The van der Waals surface area contributed by atoms with Crippen LogP contribution in [0.25, 0.3) is 22.2 Å². The Kier molecular flexibility index (Phi) is 11.7. The number of aromatic nitrogens is 2. The number of thiol groups is 1. The third-order valence-corrected chi connectivity index (χ3v) is 9.94. The molecule has 16 heteroatoms. The summed E-state index contributed by atoms with van der Waals surface area (Å²) in [5, 5.41) is 1.45. The Hall–Kier alpha value is -4.51. The van der Waals surface area contributed by atoms with Crippen LogP contribution in [0.5, 0.6) is 0 Å². The van der Waals surface area contributed by atoms with Crippen LogP contribution >= 0.6 is 0 Å². The molecule has 4 heterocycles. The zero-order valence-electron chi connectivity index (χ0n) is 29.8. The van der Waals surface area contributed by atoms with Crippen molar-refractivity contribution in [3.63, 3.8) is 0 Å². The van der Waals surface area contributed by atoms with Crippen LogP contribution in [0.15, 0.2) is 54.9 Å². The van der Waals surface area contributed by atoms with E-state index in [9.17, 15) is 22.4 Å². The second kappa shape index (κ2) is 16.2. The molecule has 2 fully saturated rings. The van der Waals surface area contributed by atoms with E-state index in [4.69, 9.17) is 9.47 Å². The van der Waals surface area contributed by atoms with E-state index in [0.717, 1.165) is 67.5 Å². The van der Waals surface area contributed by atoms with Crippen LogP contribution in [-0.4, -0.2) is 111 Å². The van der Waals surface area contributed by atoms with Crippen molar-refractivity contribution in [3.05, 3.63) is 77.6 Å². The summed E-state index contributed by atoms with van der Waals surface area (Å²) in [6, 6.07) is 11.4. The minimum atomic E-state index is -3.47. The molecule has 1 atom stereocenters. The molecule has 2 aliphatic heterocycles. The van der Waals surface area contributed by atoms with Gasteiger partial charge >= 0.3 is 5.97 Å². The summed E-state index contributed by atoms with van der Waals surface area (Å²) in [5.74, 6) is -3.90. The molecule has 0 spiro atoms. The van der Waals surface area contributed by atoms with Gasteiger partial charge in [0, 0.05) is 80.5 Å². The minimum Gasteiger partial charge on any atom is -0.458 e. The summed E-state index contributed by atoms with van der Waals surface area (Å²) >= 11 is 0. The lowest BCUT2D eigenvalue weighted by Gasteiger charge is -2.36. The highest BCUT2D eigenvalue weighted by Gasteiger charge is 2.33. The lowest BCUT2D eigenvalue weighted by molar-refractivity contribution is -0.160. The van der Waals surface area contributed by atoms with Gasteiger partial charge in [-0.25, -0.2) is 36.4 Å². The molecule has 12 nitrogen and oxygen atoms in total. The Morgan fingerprint density at radius 2 is 1.75 bits per heavy atom. The third kappa shape index (κ3) is 9.00. The zero-order chi connectivity index (χ0) is 37.9. The number of hydrogen-bond acceptors (Lipinski definition) is 10. The molecule has 6 rings (SSSR count). The van der Waals surface area contributed by atoms with Crippen molar-refractivity contribution < 1.29 is 40.7 Å². The normalized spacial score (nSPS) is 17.2. The van der Waals surface area contributed by atoms with Crippen LogP contribution in [0, 0.1) is 11.6 Å². The number of nitrogens with zero attached hydrogens (tertiary/aromatic N) is 5. The number of carbonyl (C=O) groups excluding carboxylic acids is 2. The molecule has 0 radical (unpaired) electrons. The van der Waals surface area contributed by atoms with Gasteiger partial charge in [0.2, 0.25) is 16.7 Å². The van der Waals surface area contributed by atoms with Gasteiger partial charge in [-0.1, -0.05) is 12.1 Å². The monoisotopic (exact) mass is 756 g/mol. The Balaban J connectivity index is 1.10. The van der Waals surface area contributed by atoms with Crippen LogP contribution in [0.3, 0.4) is 0 Å². The number of halogens is 3. The molecule has 53 heavy (non-hydrogen) atoms. The first-order chi connectivity index (χ1) is 25.3. The topological polar surface area (TPSA) is 128 Å². The number of rotatable bonds is 13. The highest BCUT2D eigenvalue weighted by Crippen LogP contribution is 2.33. The average Bonchev–Trinajstić information content (AvgIpc) is 3.74. The van der Waals surface area contributed by atoms with E-state index >= 15 is 8.78 Å². The Bertz CT molecular complexity index is 2020. The predicted molar refractivity (Wildman–Crippen MR) is 195 cm³/mol. The molecule has 0 unspecified atom stereocenters. The first-order valence-corrected chi connectivity index (χ1v) is 18.6. The largest absolute Gasteiger partial charge is 0.458 e. The summed E-state index contributed by atoms with van der Waals surface area (Å²) in [4.78, 5) is 37.5. The number of ketones is 1. The van der Waals surface area contributed by atoms with Crippen molar-refractivity contribution in [2.75, 3.05) is 68.3 Å². The zero-order valence-corrected chi connectivity index (χ0v) is 30.7. The van der Waals surface area contributed by atoms with E-state index in [1.807, 2.05) is 45.0 Å². The number of fused-ring (bicyclic) bond motifs is 1. The predicted octanol–water partition coefficient (Wildman–Crippen LogP) is 4.90. The fourth-order valence-corrected chi connectivity index (χ4v) is 7.31. The van der Waals surface area contributed by atoms with Crippen molar-refractivity contribution in [1.29, 1.82) is 0 Å². The Morgan fingerprint density at radius 3 is 2.42 bits per heavy atom. The van der Waals surface area contributed by atoms with Crippen LogP contribution in [0.2, 0.25) is 0 Å². The number of nitrogens with one attached hydrogen (secondary N) is 1. The molecule has 0 bridgehead atoms. The lowest BCUT2D eigenvalue weighted by Crippen LogP contribution is -2.46. The molecular weight excluding hydrogens is 714 g/mol. The number of anilines is 2. The maximum absolute atomic E-state index is 15.9. The molecule has 284 valence electrons. The van der Waals surface area contributed by atoms with E-state index in [1.54, 1.807) is 12.3 Å². The number of carbonyl (C=O) groups is 2. The molecule has 0 amide bonds. The van der Waals surface area contributed by atoms with Gasteiger partial charge in [0.1, 0.15) is 35.5 Å². The molecule has 0 saturated carbocycles. The van der Waals surface area contributed by atoms with Gasteiger partial charge in [-0.2, -0.15) is 4.41 Å². The first-order valence-electron chi connectivity index (χ1n) is 17.5. The number of pyridine rings is 1. The number of benzene rings is 2. The highest BCUT2D eigenvalue weighted by atomic mass is 32.2. The maximum atomic E-state index is 15.9. The van der Waals surface area contributed by atoms with E-state index in [-0.39, 0.29) is 37.6 Å². The molecule has 2 aliphatic rings. The van der Waals surface area contributed by atoms with Crippen molar-refractivity contribution >= 4 is 45.1 Å². The van der Waals surface area contributed by atoms with Crippen molar-refractivity contribution in [1.82, 2.24) is 19.9 Å². The maximum Gasteiger partial charge on any atom is 0.332 e. The fraction of sp³-hybridized carbons (Fsp3) is 0.432. The van der Waals surface area contributed by atoms with Crippen LogP contribution in [0.4, 0.5) is 24.5 Å². The van der Waals surface area contributed by atoms with E-state index in [1.165, 1.54) is 6.20 Å². The summed E-state index contributed by atoms with van der Waals surface area (Å²) in [7, 11) is -3.47. The Morgan fingerprint density at radius 1 is 1.02 bits per heavy atom. The van der Waals surface area contributed by atoms with Crippen molar-refractivity contribution in [2.45, 2.75) is 45.4 Å². The van der Waals surface area contributed by atoms with Gasteiger partial charge in [0.15, 0.2) is 5.82 Å². The van der Waals surface area contributed by atoms with Gasteiger partial charge in [-0.3, -0.25) is 9.69 Å². The third-order valence-electron chi connectivity index (χ3n) is 9.16.